The normalized spacial score (nSPS) is 18.2. The molecule has 1 atom stereocenters. The van der Waals surface area contributed by atoms with Gasteiger partial charge in [-0.05, 0) is 23.3 Å². The maximum Gasteiger partial charge on any atom is 0.295 e. The van der Waals surface area contributed by atoms with Gasteiger partial charge in [-0.3, -0.25) is 9.59 Å². The summed E-state index contributed by atoms with van der Waals surface area (Å²) in [5.41, 5.74) is 2.30. The first kappa shape index (κ1) is 19.2. The lowest BCUT2D eigenvalue weighted by Crippen LogP contribution is -2.29. The maximum atomic E-state index is 13.0. The molecule has 1 heterocycles. The Morgan fingerprint density at radius 3 is 2.07 bits per heavy atom. The lowest BCUT2D eigenvalue weighted by atomic mass is 9.95. The number of ketones is 1. The van der Waals surface area contributed by atoms with Crippen molar-refractivity contribution >= 4 is 33.4 Å². The lowest BCUT2D eigenvalue weighted by molar-refractivity contribution is -0.140. The van der Waals surface area contributed by atoms with Crippen molar-refractivity contribution in [2.24, 2.45) is 0 Å². The van der Waals surface area contributed by atoms with Gasteiger partial charge in [0.05, 0.1) is 11.6 Å². The van der Waals surface area contributed by atoms with Crippen LogP contribution in [0.3, 0.4) is 0 Å². The summed E-state index contributed by atoms with van der Waals surface area (Å²) in [7, 11) is 0. The maximum absolute atomic E-state index is 13.0. The molecule has 1 N–H and O–H groups in total. The summed E-state index contributed by atoms with van der Waals surface area (Å²) in [4.78, 5) is 27.4. The Balaban J connectivity index is 1.86. The van der Waals surface area contributed by atoms with Crippen LogP contribution in [0, 0.1) is 0 Å². The molecule has 1 fully saturated rings. The summed E-state index contributed by atoms with van der Waals surface area (Å²) in [6.45, 7) is 0.276. The van der Waals surface area contributed by atoms with E-state index in [0.29, 0.717) is 5.56 Å². The van der Waals surface area contributed by atoms with Gasteiger partial charge in [-0.25, -0.2) is 0 Å². The van der Waals surface area contributed by atoms with Crippen LogP contribution in [-0.2, 0) is 16.1 Å². The molecule has 0 bridgehead atoms. The van der Waals surface area contributed by atoms with E-state index in [9.17, 15) is 14.7 Å². The van der Waals surface area contributed by atoms with Crippen LogP contribution in [0.2, 0.25) is 0 Å². The topological polar surface area (TPSA) is 57.6 Å². The average Bonchev–Trinajstić information content (AvgIpc) is 3.00. The molecule has 4 rings (SSSR count). The van der Waals surface area contributed by atoms with E-state index in [1.807, 2.05) is 60.7 Å². The number of nitrogens with zero attached hydrogens (tertiary/aromatic N) is 1. The van der Waals surface area contributed by atoms with E-state index in [4.69, 9.17) is 0 Å². The van der Waals surface area contributed by atoms with Gasteiger partial charge in [0.25, 0.3) is 11.7 Å². The van der Waals surface area contributed by atoms with Crippen LogP contribution in [0.15, 0.2) is 95.0 Å². The number of amides is 1. The molecule has 1 saturated heterocycles. The molecule has 1 amide bonds. The summed E-state index contributed by atoms with van der Waals surface area (Å²) >= 11 is 3.42. The van der Waals surface area contributed by atoms with Crippen LogP contribution in [-0.4, -0.2) is 21.7 Å². The van der Waals surface area contributed by atoms with Crippen molar-refractivity contribution in [2.45, 2.75) is 12.6 Å². The average molecular weight is 448 g/mol. The molecule has 0 aliphatic carbocycles. The Kier molecular flexibility index (Phi) is 5.32. The zero-order valence-electron chi connectivity index (χ0n) is 15.5. The van der Waals surface area contributed by atoms with Crippen molar-refractivity contribution in [3.05, 3.63) is 112 Å². The Morgan fingerprint density at radius 1 is 0.862 bits per heavy atom. The molecule has 1 aliphatic rings. The van der Waals surface area contributed by atoms with E-state index in [1.54, 1.807) is 24.3 Å². The number of rotatable bonds is 4. The van der Waals surface area contributed by atoms with Crippen molar-refractivity contribution in [1.82, 2.24) is 4.90 Å². The molecule has 4 nitrogen and oxygen atoms in total. The van der Waals surface area contributed by atoms with Gasteiger partial charge in [0.15, 0.2) is 0 Å². The second kappa shape index (κ2) is 8.05. The minimum absolute atomic E-state index is 0.111. The second-order valence-electron chi connectivity index (χ2n) is 6.83. The van der Waals surface area contributed by atoms with Crippen LogP contribution in [0.4, 0.5) is 0 Å². The van der Waals surface area contributed by atoms with E-state index in [-0.39, 0.29) is 17.9 Å². The van der Waals surface area contributed by atoms with Gasteiger partial charge in [0.2, 0.25) is 0 Å². The highest BCUT2D eigenvalue weighted by Gasteiger charge is 2.45. The second-order valence-corrected chi connectivity index (χ2v) is 7.75. The number of Topliss-reactive ketones (excluding diaryl/α,β-unsaturated/α-hetero) is 1. The van der Waals surface area contributed by atoms with E-state index in [2.05, 4.69) is 15.9 Å². The van der Waals surface area contributed by atoms with Crippen molar-refractivity contribution in [2.75, 3.05) is 0 Å². The van der Waals surface area contributed by atoms with Gasteiger partial charge in [-0.1, -0.05) is 88.7 Å². The Labute approximate surface area is 177 Å². The third-order valence-electron chi connectivity index (χ3n) is 4.97. The fraction of sp³-hybridized carbons (Fsp3) is 0.0833. The van der Waals surface area contributed by atoms with Crippen LogP contribution in [0.5, 0.6) is 0 Å². The summed E-state index contributed by atoms with van der Waals surface area (Å²) in [6, 6.07) is 25.1. The standard InChI is InChI=1S/C24H18BrNO3/c25-19-13-11-17(12-14-19)21-20(22(27)18-9-5-2-6-10-18)23(28)24(29)26(21)15-16-7-3-1-4-8-16/h1-14,21,27H,15H2. The predicted octanol–water partition coefficient (Wildman–Crippen LogP) is 5.07. The summed E-state index contributed by atoms with van der Waals surface area (Å²) in [5, 5.41) is 10.9. The fourth-order valence-electron chi connectivity index (χ4n) is 3.57. The molecular formula is C24H18BrNO3. The molecular weight excluding hydrogens is 430 g/mol. The number of aliphatic hydroxyl groups is 1. The van der Waals surface area contributed by atoms with E-state index in [1.165, 1.54) is 4.90 Å². The number of likely N-dealkylation sites (tertiary alicyclic amines) is 1. The van der Waals surface area contributed by atoms with Gasteiger partial charge in [0, 0.05) is 16.6 Å². The van der Waals surface area contributed by atoms with Crippen LogP contribution in [0.25, 0.3) is 5.76 Å². The van der Waals surface area contributed by atoms with Gasteiger partial charge in [-0.2, -0.15) is 0 Å². The van der Waals surface area contributed by atoms with Gasteiger partial charge < -0.3 is 10.0 Å². The molecule has 0 spiro atoms. The summed E-state index contributed by atoms with van der Waals surface area (Å²) in [5.74, 6) is -1.44. The molecule has 3 aromatic rings. The van der Waals surface area contributed by atoms with Gasteiger partial charge in [0.1, 0.15) is 5.76 Å². The smallest absolute Gasteiger partial charge is 0.295 e. The minimum Gasteiger partial charge on any atom is -0.507 e. The first-order valence-electron chi connectivity index (χ1n) is 9.19. The number of carbonyl (C=O) groups excluding carboxylic acids is 2. The van der Waals surface area contributed by atoms with E-state index < -0.39 is 17.7 Å². The highest BCUT2D eigenvalue weighted by Crippen LogP contribution is 2.40. The lowest BCUT2D eigenvalue weighted by Gasteiger charge is -2.25. The summed E-state index contributed by atoms with van der Waals surface area (Å²) < 4.78 is 0.893. The molecule has 0 aromatic heterocycles. The minimum atomic E-state index is -0.671. The highest BCUT2D eigenvalue weighted by molar-refractivity contribution is 9.10. The number of benzene rings is 3. The molecule has 144 valence electrons. The summed E-state index contributed by atoms with van der Waals surface area (Å²) in [6.07, 6.45) is 0. The number of halogens is 1. The fourth-order valence-corrected chi connectivity index (χ4v) is 3.83. The van der Waals surface area contributed by atoms with Gasteiger partial charge in [-0.15, -0.1) is 0 Å². The number of hydrogen-bond acceptors (Lipinski definition) is 3. The van der Waals surface area contributed by atoms with Crippen molar-refractivity contribution in [1.29, 1.82) is 0 Å². The van der Waals surface area contributed by atoms with E-state index >= 15 is 0 Å². The molecule has 0 radical (unpaired) electrons. The number of carbonyl (C=O) groups is 2. The Hall–Kier alpha value is -3.18. The zero-order valence-corrected chi connectivity index (χ0v) is 17.0. The van der Waals surface area contributed by atoms with E-state index in [0.717, 1.165) is 15.6 Å². The third kappa shape index (κ3) is 3.74. The largest absolute Gasteiger partial charge is 0.507 e. The SMILES string of the molecule is O=C1C(=O)N(Cc2ccccc2)C(c2ccc(Br)cc2)C1=C(O)c1ccccc1. The molecule has 1 aliphatic heterocycles. The quantitative estimate of drug-likeness (QED) is 0.345. The zero-order chi connectivity index (χ0) is 20.4. The van der Waals surface area contributed by atoms with Crippen LogP contribution < -0.4 is 0 Å². The first-order chi connectivity index (χ1) is 14.1. The molecule has 3 aromatic carbocycles. The number of hydrogen-bond donors (Lipinski definition) is 1. The number of aliphatic hydroxyl groups excluding tert-OH is 1. The Bertz CT molecular complexity index is 1080. The van der Waals surface area contributed by atoms with Crippen LogP contribution in [0.1, 0.15) is 22.7 Å². The third-order valence-corrected chi connectivity index (χ3v) is 5.50. The molecule has 1 unspecified atom stereocenters. The van der Waals surface area contributed by atoms with Crippen molar-refractivity contribution < 1.29 is 14.7 Å². The molecule has 5 heteroatoms. The van der Waals surface area contributed by atoms with Crippen molar-refractivity contribution in [3.63, 3.8) is 0 Å². The van der Waals surface area contributed by atoms with Gasteiger partial charge >= 0.3 is 0 Å². The van der Waals surface area contributed by atoms with Crippen LogP contribution >= 0.6 is 15.9 Å². The predicted molar refractivity (Wildman–Crippen MR) is 115 cm³/mol. The highest BCUT2D eigenvalue weighted by atomic mass is 79.9. The monoisotopic (exact) mass is 447 g/mol. The Morgan fingerprint density at radius 2 is 1.45 bits per heavy atom. The first-order valence-corrected chi connectivity index (χ1v) is 9.99. The van der Waals surface area contributed by atoms with Crippen molar-refractivity contribution in [3.8, 4) is 0 Å². The molecule has 0 saturated carbocycles. The molecule has 29 heavy (non-hydrogen) atoms.